The minimum atomic E-state index is 0.105. The van der Waals surface area contributed by atoms with E-state index in [0.717, 1.165) is 18.2 Å². The zero-order valence-corrected chi connectivity index (χ0v) is 12.3. The summed E-state index contributed by atoms with van der Waals surface area (Å²) in [6.07, 6.45) is 0. The molecule has 0 heterocycles. The van der Waals surface area contributed by atoms with Gasteiger partial charge in [0.15, 0.2) is 0 Å². The van der Waals surface area contributed by atoms with Crippen LogP contribution in [0.2, 0.25) is 0 Å². The number of rotatable bonds is 7. The predicted molar refractivity (Wildman–Crippen MR) is 72.7 cm³/mol. The third-order valence-corrected chi connectivity index (χ3v) is 3.68. The van der Waals surface area contributed by atoms with Crippen LogP contribution in [0.15, 0.2) is 0 Å². The summed E-state index contributed by atoms with van der Waals surface area (Å²) >= 11 is 1.88. The van der Waals surface area contributed by atoms with Gasteiger partial charge >= 0.3 is 0 Å². The quantitative estimate of drug-likeness (QED) is 0.508. The molecule has 0 aliphatic carbocycles. The van der Waals surface area contributed by atoms with Crippen molar-refractivity contribution in [1.82, 2.24) is 9.80 Å². The maximum absolute atomic E-state index is 11.6. The van der Waals surface area contributed by atoms with E-state index >= 15 is 0 Å². The minimum absolute atomic E-state index is 0.105. The Morgan fingerprint density at radius 2 is 1.75 bits per heavy atom. The Bertz CT molecular complexity index is 207. The van der Waals surface area contributed by atoms with Crippen LogP contribution in [-0.4, -0.2) is 54.0 Å². The molecule has 0 aromatic heterocycles. The zero-order chi connectivity index (χ0) is 12.7. The van der Waals surface area contributed by atoms with Gasteiger partial charge in [0.25, 0.3) is 0 Å². The Hall–Kier alpha value is -0.220. The number of hydrogen-bond donors (Lipinski definition) is 0. The summed E-state index contributed by atoms with van der Waals surface area (Å²) in [6, 6.07) is 0.586. The molecule has 0 radical (unpaired) electrons. The molecule has 0 aliphatic heterocycles. The fourth-order valence-electron chi connectivity index (χ4n) is 1.11. The van der Waals surface area contributed by atoms with Gasteiger partial charge in [-0.15, -0.1) is 11.8 Å². The van der Waals surface area contributed by atoms with Crippen LogP contribution in [0.4, 0.5) is 0 Å². The number of carbonyl (C=O) groups excluding carboxylic acids is 1. The lowest BCUT2D eigenvalue weighted by atomic mass is 10.2. The lowest BCUT2D eigenvalue weighted by Crippen LogP contribution is -2.33. The maximum atomic E-state index is 11.6. The van der Waals surface area contributed by atoms with E-state index in [1.165, 1.54) is 0 Å². The Morgan fingerprint density at radius 3 is 2.19 bits per heavy atom. The summed E-state index contributed by atoms with van der Waals surface area (Å²) < 4.78 is 0. The Kier molecular flexibility index (Phi) is 7.85. The van der Waals surface area contributed by atoms with Crippen LogP contribution in [0.5, 0.6) is 0 Å². The van der Waals surface area contributed by atoms with E-state index in [2.05, 4.69) is 25.8 Å². The predicted octanol–water partition coefficient (Wildman–Crippen LogP) is 2.13. The van der Waals surface area contributed by atoms with Crippen molar-refractivity contribution in [1.29, 1.82) is 0 Å². The topological polar surface area (TPSA) is 23.6 Å². The van der Waals surface area contributed by atoms with Gasteiger partial charge < -0.3 is 4.90 Å². The number of carbonyl (C=O) groups is 1. The van der Waals surface area contributed by atoms with Crippen molar-refractivity contribution >= 4 is 17.7 Å². The van der Waals surface area contributed by atoms with E-state index < -0.39 is 0 Å². The van der Waals surface area contributed by atoms with Crippen molar-refractivity contribution in [3.8, 4) is 0 Å². The van der Waals surface area contributed by atoms with Crippen LogP contribution in [0.3, 0.4) is 0 Å². The van der Waals surface area contributed by atoms with E-state index in [9.17, 15) is 4.79 Å². The van der Waals surface area contributed by atoms with Crippen LogP contribution in [0, 0.1) is 5.92 Å². The highest BCUT2D eigenvalue weighted by atomic mass is 32.2. The molecule has 0 aliphatic rings. The van der Waals surface area contributed by atoms with E-state index in [0.29, 0.717) is 6.04 Å². The third kappa shape index (κ3) is 6.38. The second-order valence-corrected chi connectivity index (χ2v) is 5.88. The van der Waals surface area contributed by atoms with E-state index in [1.54, 1.807) is 0 Å². The number of amides is 1. The lowest BCUT2D eigenvalue weighted by Gasteiger charge is -2.22. The number of nitrogens with zero attached hydrogens (tertiary/aromatic N) is 2. The monoisotopic (exact) mass is 246 g/mol. The highest BCUT2D eigenvalue weighted by molar-refractivity contribution is 7.99. The summed E-state index contributed by atoms with van der Waals surface area (Å²) in [5.74, 6) is 2.37. The molecular formula is C12H26N2OS. The molecule has 0 N–H and O–H groups in total. The summed E-state index contributed by atoms with van der Waals surface area (Å²) in [5.41, 5.74) is 0. The molecular weight excluding hydrogens is 220 g/mol. The van der Waals surface area contributed by atoms with Crippen molar-refractivity contribution in [3.63, 3.8) is 0 Å². The Labute approximate surface area is 105 Å². The smallest absolute Gasteiger partial charge is 0.224 e. The van der Waals surface area contributed by atoms with Crippen molar-refractivity contribution in [2.24, 2.45) is 5.92 Å². The first-order chi connectivity index (χ1) is 7.36. The summed E-state index contributed by atoms with van der Waals surface area (Å²) in [7, 11) is 4.01. The second-order valence-electron chi connectivity index (χ2n) is 4.80. The molecule has 0 fully saturated rings. The molecule has 0 unspecified atom stereocenters. The van der Waals surface area contributed by atoms with Crippen molar-refractivity contribution < 1.29 is 4.79 Å². The van der Waals surface area contributed by atoms with Crippen LogP contribution in [-0.2, 0) is 4.79 Å². The molecule has 96 valence electrons. The highest BCUT2D eigenvalue weighted by Gasteiger charge is 2.12. The molecule has 4 heteroatoms. The third-order valence-electron chi connectivity index (χ3n) is 2.62. The average Bonchev–Trinajstić information content (AvgIpc) is 2.22. The van der Waals surface area contributed by atoms with Crippen molar-refractivity contribution in [2.45, 2.75) is 33.7 Å². The van der Waals surface area contributed by atoms with Gasteiger partial charge in [-0.05, 0) is 20.9 Å². The van der Waals surface area contributed by atoms with Gasteiger partial charge in [0.05, 0.1) is 0 Å². The largest absolute Gasteiger partial charge is 0.345 e. The summed E-state index contributed by atoms with van der Waals surface area (Å²) in [4.78, 5) is 15.7. The maximum Gasteiger partial charge on any atom is 0.224 e. The van der Waals surface area contributed by atoms with Crippen molar-refractivity contribution in [2.75, 3.05) is 32.3 Å². The van der Waals surface area contributed by atoms with Crippen LogP contribution in [0.1, 0.15) is 27.7 Å². The van der Waals surface area contributed by atoms with E-state index in [-0.39, 0.29) is 11.8 Å². The average molecular weight is 246 g/mol. The molecule has 0 atom stereocenters. The van der Waals surface area contributed by atoms with Gasteiger partial charge in [-0.2, -0.15) is 0 Å². The first-order valence-corrected chi connectivity index (χ1v) is 7.04. The standard InChI is InChI=1S/C12H26N2OS/c1-10(2)12(15)13(5)7-8-16-9-14(6)11(3)4/h10-11H,7-9H2,1-6H3. The zero-order valence-electron chi connectivity index (χ0n) is 11.5. The van der Waals surface area contributed by atoms with E-state index in [1.807, 2.05) is 37.6 Å². The Morgan fingerprint density at radius 1 is 1.19 bits per heavy atom. The minimum Gasteiger partial charge on any atom is -0.345 e. The van der Waals surface area contributed by atoms with Crippen LogP contribution in [0.25, 0.3) is 0 Å². The number of hydrogen-bond acceptors (Lipinski definition) is 3. The van der Waals surface area contributed by atoms with Gasteiger partial charge in [-0.25, -0.2) is 0 Å². The second kappa shape index (κ2) is 7.96. The van der Waals surface area contributed by atoms with E-state index in [4.69, 9.17) is 0 Å². The fourth-order valence-corrected chi connectivity index (χ4v) is 2.23. The van der Waals surface area contributed by atoms with Crippen molar-refractivity contribution in [3.05, 3.63) is 0 Å². The van der Waals surface area contributed by atoms with Gasteiger partial charge in [-0.1, -0.05) is 13.8 Å². The molecule has 0 aromatic rings. The molecule has 3 nitrogen and oxygen atoms in total. The molecule has 0 rings (SSSR count). The molecule has 16 heavy (non-hydrogen) atoms. The first-order valence-electron chi connectivity index (χ1n) is 5.89. The normalized spacial score (nSPS) is 11.6. The highest BCUT2D eigenvalue weighted by Crippen LogP contribution is 2.07. The molecule has 1 amide bonds. The van der Waals surface area contributed by atoms with Gasteiger partial charge in [-0.3, -0.25) is 9.69 Å². The molecule has 0 saturated heterocycles. The van der Waals surface area contributed by atoms with Crippen LogP contribution < -0.4 is 0 Å². The van der Waals surface area contributed by atoms with Gasteiger partial charge in [0.2, 0.25) is 5.91 Å². The molecule has 0 spiro atoms. The van der Waals surface area contributed by atoms with Crippen LogP contribution >= 0.6 is 11.8 Å². The first kappa shape index (κ1) is 15.8. The fraction of sp³-hybridized carbons (Fsp3) is 0.917. The summed E-state index contributed by atoms with van der Waals surface area (Å²) in [5, 5.41) is 0. The molecule has 0 aromatic carbocycles. The van der Waals surface area contributed by atoms with Gasteiger partial charge in [0.1, 0.15) is 0 Å². The summed E-state index contributed by atoms with van der Waals surface area (Å²) in [6.45, 7) is 9.11. The molecule has 0 saturated carbocycles. The Balaban J connectivity index is 3.63. The number of thioether (sulfide) groups is 1. The SMILES string of the molecule is CC(C)C(=O)N(C)CCSCN(C)C(C)C. The lowest BCUT2D eigenvalue weighted by molar-refractivity contribution is -0.132. The molecule has 0 bridgehead atoms. The van der Waals surface area contributed by atoms with Gasteiger partial charge in [0, 0.05) is 37.2 Å².